The zero-order chi connectivity index (χ0) is 9.97. The fourth-order valence-corrected chi connectivity index (χ4v) is 1.19. The van der Waals surface area contributed by atoms with Crippen LogP contribution < -0.4 is 4.90 Å². The molecule has 0 aliphatic rings. The highest BCUT2D eigenvalue weighted by Crippen LogP contribution is 2.15. The Bertz CT molecular complexity index is 405. The molecule has 0 aromatic carbocycles. The summed E-state index contributed by atoms with van der Waals surface area (Å²) >= 11 is 0. The topological polar surface area (TPSA) is 44.8 Å². The Morgan fingerprint density at radius 3 is 2.64 bits per heavy atom. The smallest absolute Gasteiger partial charge is 0.202 e. The SMILES string of the molecule is CN(C)c1ncc(-c2ccccn2)[nH]1. The molecule has 1 N–H and O–H groups in total. The maximum atomic E-state index is 4.23. The van der Waals surface area contributed by atoms with Crippen LogP contribution in [0.1, 0.15) is 0 Å². The first-order valence-electron chi connectivity index (χ1n) is 4.41. The van der Waals surface area contributed by atoms with Gasteiger partial charge in [0, 0.05) is 20.3 Å². The van der Waals surface area contributed by atoms with Gasteiger partial charge in [-0.25, -0.2) is 4.98 Å². The largest absolute Gasteiger partial charge is 0.349 e. The minimum absolute atomic E-state index is 0.839. The molecule has 0 spiro atoms. The Balaban J connectivity index is 2.34. The third-order valence-electron chi connectivity index (χ3n) is 1.93. The minimum atomic E-state index is 0.839. The fraction of sp³-hybridized carbons (Fsp3) is 0.200. The molecule has 2 aromatic heterocycles. The molecule has 0 fully saturated rings. The number of H-pyrrole nitrogens is 1. The molecular formula is C10H12N4. The van der Waals surface area contributed by atoms with Gasteiger partial charge in [-0.15, -0.1) is 0 Å². The number of nitrogens with one attached hydrogen (secondary N) is 1. The van der Waals surface area contributed by atoms with Gasteiger partial charge in [0.1, 0.15) is 0 Å². The van der Waals surface area contributed by atoms with Crippen molar-refractivity contribution in [3.63, 3.8) is 0 Å². The molecule has 0 aliphatic carbocycles. The first-order chi connectivity index (χ1) is 6.77. The molecule has 72 valence electrons. The van der Waals surface area contributed by atoms with Gasteiger partial charge in [-0.3, -0.25) is 4.98 Å². The van der Waals surface area contributed by atoms with Crippen LogP contribution in [0.4, 0.5) is 5.95 Å². The predicted molar refractivity (Wildman–Crippen MR) is 56.1 cm³/mol. The van der Waals surface area contributed by atoms with Crippen LogP contribution >= 0.6 is 0 Å². The Kier molecular flexibility index (Phi) is 2.18. The zero-order valence-electron chi connectivity index (χ0n) is 8.23. The van der Waals surface area contributed by atoms with Gasteiger partial charge < -0.3 is 9.88 Å². The third-order valence-corrected chi connectivity index (χ3v) is 1.93. The van der Waals surface area contributed by atoms with Crippen molar-refractivity contribution in [2.24, 2.45) is 0 Å². The van der Waals surface area contributed by atoms with E-state index in [-0.39, 0.29) is 0 Å². The molecule has 14 heavy (non-hydrogen) atoms. The predicted octanol–water partition coefficient (Wildman–Crippen LogP) is 1.54. The molecule has 0 aliphatic heterocycles. The van der Waals surface area contributed by atoms with Gasteiger partial charge in [0.15, 0.2) is 0 Å². The second-order valence-corrected chi connectivity index (χ2v) is 3.23. The first kappa shape index (κ1) is 8.74. The quantitative estimate of drug-likeness (QED) is 0.777. The van der Waals surface area contributed by atoms with Gasteiger partial charge in [-0.2, -0.15) is 0 Å². The van der Waals surface area contributed by atoms with E-state index in [9.17, 15) is 0 Å². The summed E-state index contributed by atoms with van der Waals surface area (Å²) in [5.41, 5.74) is 1.85. The third kappa shape index (κ3) is 1.59. The van der Waals surface area contributed by atoms with Crippen molar-refractivity contribution in [1.82, 2.24) is 15.0 Å². The summed E-state index contributed by atoms with van der Waals surface area (Å²) in [5, 5.41) is 0. The second-order valence-electron chi connectivity index (χ2n) is 3.23. The van der Waals surface area contributed by atoms with E-state index in [1.807, 2.05) is 37.2 Å². The molecule has 4 heteroatoms. The molecule has 4 nitrogen and oxygen atoms in total. The van der Waals surface area contributed by atoms with Crippen LogP contribution in [-0.2, 0) is 0 Å². The number of anilines is 1. The van der Waals surface area contributed by atoms with Gasteiger partial charge in [0.2, 0.25) is 5.95 Å². The van der Waals surface area contributed by atoms with Crippen molar-refractivity contribution in [2.45, 2.75) is 0 Å². The van der Waals surface area contributed by atoms with E-state index in [0.29, 0.717) is 0 Å². The zero-order valence-corrected chi connectivity index (χ0v) is 8.23. The van der Waals surface area contributed by atoms with E-state index in [2.05, 4.69) is 15.0 Å². The summed E-state index contributed by atoms with van der Waals surface area (Å²) in [6.07, 6.45) is 3.56. The van der Waals surface area contributed by atoms with E-state index in [1.54, 1.807) is 12.4 Å². The Morgan fingerprint density at radius 2 is 2.07 bits per heavy atom. The lowest BCUT2D eigenvalue weighted by molar-refractivity contribution is 1.04. The summed E-state index contributed by atoms with van der Waals surface area (Å²) in [5.74, 6) is 0.839. The lowest BCUT2D eigenvalue weighted by atomic mass is 10.3. The molecule has 0 atom stereocenters. The average molecular weight is 188 g/mol. The van der Waals surface area contributed by atoms with Gasteiger partial charge in [-0.05, 0) is 12.1 Å². The second kappa shape index (κ2) is 3.49. The molecule has 2 rings (SSSR count). The Hall–Kier alpha value is -1.84. The van der Waals surface area contributed by atoms with Crippen LogP contribution in [0.5, 0.6) is 0 Å². The molecule has 0 saturated heterocycles. The lowest BCUT2D eigenvalue weighted by Crippen LogP contribution is -2.10. The number of aromatic nitrogens is 3. The molecule has 2 heterocycles. The van der Waals surface area contributed by atoms with Gasteiger partial charge in [0.05, 0.1) is 17.6 Å². The summed E-state index contributed by atoms with van der Waals surface area (Å²) in [6, 6.07) is 5.80. The highest BCUT2D eigenvalue weighted by atomic mass is 15.2. The number of pyridine rings is 1. The van der Waals surface area contributed by atoms with Gasteiger partial charge >= 0.3 is 0 Å². The van der Waals surface area contributed by atoms with E-state index in [1.165, 1.54) is 0 Å². The van der Waals surface area contributed by atoms with Gasteiger partial charge in [0.25, 0.3) is 0 Å². The Labute approximate surface area is 82.6 Å². The number of hydrogen-bond acceptors (Lipinski definition) is 3. The standard InChI is InChI=1S/C10H12N4/c1-14(2)10-12-7-9(13-10)8-5-3-4-6-11-8/h3-7H,1-2H3,(H,12,13). The van der Waals surface area contributed by atoms with Gasteiger partial charge in [-0.1, -0.05) is 6.07 Å². The number of aromatic amines is 1. The monoisotopic (exact) mass is 188 g/mol. The minimum Gasteiger partial charge on any atom is -0.349 e. The van der Waals surface area contributed by atoms with Crippen LogP contribution in [0.3, 0.4) is 0 Å². The highest BCUT2D eigenvalue weighted by molar-refractivity contribution is 5.55. The normalized spacial score (nSPS) is 10.1. The highest BCUT2D eigenvalue weighted by Gasteiger charge is 2.04. The molecule has 2 aromatic rings. The van der Waals surface area contributed by atoms with Crippen molar-refractivity contribution >= 4 is 5.95 Å². The molecular weight excluding hydrogens is 176 g/mol. The van der Waals surface area contributed by atoms with Crippen LogP contribution in [0, 0.1) is 0 Å². The molecule has 0 radical (unpaired) electrons. The maximum absolute atomic E-state index is 4.23. The maximum Gasteiger partial charge on any atom is 0.202 e. The van der Waals surface area contributed by atoms with E-state index < -0.39 is 0 Å². The van der Waals surface area contributed by atoms with Crippen LogP contribution in [-0.4, -0.2) is 29.0 Å². The average Bonchev–Trinajstić information content (AvgIpc) is 2.68. The molecule has 0 saturated carbocycles. The van der Waals surface area contributed by atoms with Crippen LogP contribution in [0.2, 0.25) is 0 Å². The summed E-state index contributed by atoms with van der Waals surface area (Å²) in [4.78, 5) is 13.6. The molecule has 0 unspecified atom stereocenters. The van der Waals surface area contributed by atoms with Crippen molar-refractivity contribution in [1.29, 1.82) is 0 Å². The number of rotatable bonds is 2. The van der Waals surface area contributed by atoms with Crippen LogP contribution in [0.15, 0.2) is 30.6 Å². The number of imidazole rings is 1. The lowest BCUT2D eigenvalue weighted by Gasteiger charge is -2.06. The van der Waals surface area contributed by atoms with E-state index in [4.69, 9.17) is 0 Å². The molecule has 0 amide bonds. The first-order valence-corrected chi connectivity index (χ1v) is 4.41. The summed E-state index contributed by atoms with van der Waals surface area (Å²) < 4.78 is 0. The van der Waals surface area contributed by atoms with Crippen LogP contribution in [0.25, 0.3) is 11.4 Å². The number of nitrogens with zero attached hydrogens (tertiary/aromatic N) is 3. The summed E-state index contributed by atoms with van der Waals surface area (Å²) in [6.45, 7) is 0. The molecule has 0 bridgehead atoms. The Morgan fingerprint density at radius 1 is 1.21 bits per heavy atom. The van der Waals surface area contributed by atoms with E-state index >= 15 is 0 Å². The number of hydrogen-bond donors (Lipinski definition) is 1. The van der Waals surface area contributed by atoms with Crippen molar-refractivity contribution in [2.75, 3.05) is 19.0 Å². The van der Waals surface area contributed by atoms with Crippen molar-refractivity contribution in [3.8, 4) is 11.4 Å². The van der Waals surface area contributed by atoms with E-state index in [0.717, 1.165) is 17.3 Å². The fourth-order valence-electron chi connectivity index (χ4n) is 1.19. The van der Waals surface area contributed by atoms with Crippen molar-refractivity contribution < 1.29 is 0 Å². The van der Waals surface area contributed by atoms with Crippen molar-refractivity contribution in [3.05, 3.63) is 30.6 Å². The summed E-state index contributed by atoms with van der Waals surface area (Å²) in [7, 11) is 3.89.